The largest absolute Gasteiger partial charge is 0.343 e. The first kappa shape index (κ1) is 12.9. The van der Waals surface area contributed by atoms with Gasteiger partial charge in [-0.3, -0.25) is 0 Å². The fourth-order valence-corrected chi connectivity index (χ4v) is 2.05. The molecule has 0 atom stereocenters. The van der Waals surface area contributed by atoms with Crippen LogP contribution in [0.25, 0.3) is 22.4 Å². The normalized spacial score (nSPS) is 10.3. The van der Waals surface area contributed by atoms with Gasteiger partial charge in [0.15, 0.2) is 5.82 Å². The van der Waals surface area contributed by atoms with Crippen LogP contribution in [-0.4, -0.2) is 15.0 Å². The third-order valence-electron chi connectivity index (χ3n) is 2.61. The number of nitrogens with zero attached hydrogens (tertiary/aromatic N) is 2. The van der Waals surface area contributed by atoms with Crippen molar-refractivity contribution in [2.75, 3.05) is 0 Å². The van der Waals surface area contributed by atoms with Gasteiger partial charge in [0, 0.05) is 11.3 Å². The van der Waals surface area contributed by atoms with Crippen molar-refractivity contribution in [3.8, 4) is 11.4 Å². The molecule has 0 radical (unpaired) electrons. The highest BCUT2D eigenvalue weighted by Gasteiger charge is 2.09. The smallest absolute Gasteiger partial charge is 0.163 e. The number of nitrogens with one attached hydrogen (secondary N) is 1. The van der Waals surface area contributed by atoms with Crippen molar-refractivity contribution in [1.82, 2.24) is 15.0 Å². The van der Waals surface area contributed by atoms with Gasteiger partial charge in [-0.2, -0.15) is 0 Å². The van der Waals surface area contributed by atoms with Crippen molar-refractivity contribution in [2.45, 2.75) is 6.92 Å². The molecule has 0 unspecified atom stereocenters. The predicted octanol–water partition coefficient (Wildman–Crippen LogP) is 4.01. The molecule has 2 heterocycles. The second-order valence-corrected chi connectivity index (χ2v) is 4.28. The molecule has 0 aliphatic heterocycles. The number of hydrogen-bond donors (Lipinski definition) is 1. The summed E-state index contributed by atoms with van der Waals surface area (Å²) in [5.74, 6) is 0.643. The van der Waals surface area contributed by atoms with Crippen LogP contribution in [0.3, 0.4) is 0 Å². The van der Waals surface area contributed by atoms with Crippen LogP contribution < -0.4 is 0 Å². The van der Waals surface area contributed by atoms with E-state index >= 15 is 0 Å². The lowest BCUT2D eigenvalue weighted by molar-refractivity contribution is 1.19. The lowest BCUT2D eigenvalue weighted by atomic mass is 10.2. The first-order valence-corrected chi connectivity index (χ1v) is 5.70. The van der Waals surface area contributed by atoms with E-state index in [4.69, 9.17) is 11.6 Å². The number of halogens is 2. The van der Waals surface area contributed by atoms with Crippen molar-refractivity contribution < 1.29 is 0 Å². The molecule has 3 aromatic rings. The van der Waals surface area contributed by atoms with Gasteiger partial charge >= 0.3 is 0 Å². The molecular weight excluding hydrogens is 269 g/mol. The molecule has 0 aliphatic rings. The molecule has 3 nitrogen and oxygen atoms in total. The van der Waals surface area contributed by atoms with E-state index in [0.717, 1.165) is 22.3 Å². The lowest BCUT2D eigenvalue weighted by Gasteiger charge is -2.01. The Balaban J connectivity index is 0.00000120. The Kier molecular flexibility index (Phi) is 3.55. The minimum absolute atomic E-state index is 0. The van der Waals surface area contributed by atoms with E-state index in [1.165, 1.54) is 0 Å². The summed E-state index contributed by atoms with van der Waals surface area (Å²) >= 11 is 6.15. The van der Waals surface area contributed by atoms with Gasteiger partial charge in [0.05, 0.1) is 5.39 Å². The summed E-state index contributed by atoms with van der Waals surface area (Å²) in [5.41, 5.74) is 2.77. The van der Waals surface area contributed by atoms with E-state index in [0.29, 0.717) is 11.0 Å². The summed E-state index contributed by atoms with van der Waals surface area (Å²) in [5, 5.41) is 1.35. The Bertz CT molecular complexity index is 677. The van der Waals surface area contributed by atoms with Crippen LogP contribution >= 0.6 is 24.0 Å². The highest BCUT2D eigenvalue weighted by Crippen LogP contribution is 2.24. The average Bonchev–Trinajstić information content (AvgIpc) is 2.71. The third-order valence-corrected chi connectivity index (χ3v) is 2.90. The van der Waals surface area contributed by atoms with Crippen molar-refractivity contribution in [3.05, 3.63) is 47.2 Å². The van der Waals surface area contributed by atoms with Gasteiger partial charge in [-0.15, -0.1) is 12.4 Å². The van der Waals surface area contributed by atoms with Crippen LogP contribution in [0.4, 0.5) is 0 Å². The van der Waals surface area contributed by atoms with Gasteiger partial charge in [-0.1, -0.05) is 41.9 Å². The zero-order chi connectivity index (χ0) is 11.8. The average molecular weight is 280 g/mol. The fraction of sp³-hybridized carbons (Fsp3) is 0.0769. The quantitative estimate of drug-likeness (QED) is 0.684. The maximum atomic E-state index is 6.15. The fourth-order valence-electron chi connectivity index (χ4n) is 1.82. The molecule has 3 rings (SSSR count). The first-order valence-electron chi connectivity index (χ1n) is 5.32. The van der Waals surface area contributed by atoms with Crippen LogP contribution in [0.5, 0.6) is 0 Å². The van der Waals surface area contributed by atoms with Gasteiger partial charge in [-0.05, 0) is 13.0 Å². The monoisotopic (exact) mass is 279 g/mol. The minimum atomic E-state index is 0. The molecular formula is C13H11Cl2N3. The maximum absolute atomic E-state index is 6.15. The van der Waals surface area contributed by atoms with E-state index in [1.54, 1.807) is 0 Å². The van der Waals surface area contributed by atoms with Crippen molar-refractivity contribution >= 4 is 35.0 Å². The number of hydrogen-bond acceptors (Lipinski definition) is 2. The number of aromatic nitrogens is 3. The summed E-state index contributed by atoms with van der Waals surface area (Å²) in [6.45, 7) is 1.97. The molecule has 18 heavy (non-hydrogen) atoms. The van der Waals surface area contributed by atoms with E-state index in [-0.39, 0.29) is 12.4 Å². The zero-order valence-corrected chi connectivity index (χ0v) is 11.2. The second kappa shape index (κ2) is 4.96. The number of benzene rings is 1. The molecule has 5 heteroatoms. The van der Waals surface area contributed by atoms with Crippen LogP contribution in [0.2, 0.25) is 5.15 Å². The van der Waals surface area contributed by atoms with Crippen LogP contribution in [0.1, 0.15) is 5.69 Å². The SMILES string of the molecule is Cc1cc2c(Cl)nc(-c3ccccc3)nc2[nH]1.Cl. The molecule has 0 bridgehead atoms. The summed E-state index contributed by atoms with van der Waals surface area (Å²) < 4.78 is 0. The molecule has 0 aliphatic carbocycles. The number of aryl methyl sites for hydroxylation is 1. The van der Waals surface area contributed by atoms with E-state index < -0.39 is 0 Å². The highest BCUT2D eigenvalue weighted by molar-refractivity contribution is 6.34. The van der Waals surface area contributed by atoms with Crippen molar-refractivity contribution in [1.29, 1.82) is 0 Å². The molecule has 0 spiro atoms. The Hall–Kier alpha value is -1.58. The molecule has 0 amide bonds. The number of aromatic amines is 1. The Morgan fingerprint density at radius 2 is 1.83 bits per heavy atom. The second-order valence-electron chi connectivity index (χ2n) is 3.92. The van der Waals surface area contributed by atoms with Gasteiger partial charge in [0.1, 0.15) is 10.8 Å². The van der Waals surface area contributed by atoms with Crippen LogP contribution in [0.15, 0.2) is 36.4 Å². The number of rotatable bonds is 1. The third kappa shape index (κ3) is 2.19. The topological polar surface area (TPSA) is 41.6 Å². The Morgan fingerprint density at radius 1 is 1.11 bits per heavy atom. The van der Waals surface area contributed by atoms with Crippen LogP contribution in [-0.2, 0) is 0 Å². The molecule has 92 valence electrons. The summed E-state index contributed by atoms with van der Waals surface area (Å²) in [6.07, 6.45) is 0. The van der Waals surface area contributed by atoms with Gasteiger partial charge in [0.2, 0.25) is 0 Å². The molecule has 1 aromatic carbocycles. The van der Waals surface area contributed by atoms with E-state index in [1.807, 2.05) is 43.3 Å². The number of H-pyrrole nitrogens is 1. The molecule has 0 saturated heterocycles. The Labute approximate surface area is 116 Å². The summed E-state index contributed by atoms with van der Waals surface area (Å²) in [7, 11) is 0. The summed E-state index contributed by atoms with van der Waals surface area (Å²) in [6, 6.07) is 11.8. The Morgan fingerprint density at radius 3 is 2.56 bits per heavy atom. The van der Waals surface area contributed by atoms with Gasteiger partial charge in [-0.25, -0.2) is 9.97 Å². The number of fused-ring (bicyclic) bond motifs is 1. The highest BCUT2D eigenvalue weighted by atomic mass is 35.5. The lowest BCUT2D eigenvalue weighted by Crippen LogP contribution is -1.90. The van der Waals surface area contributed by atoms with E-state index in [2.05, 4.69) is 15.0 Å². The molecule has 0 fully saturated rings. The van der Waals surface area contributed by atoms with Crippen molar-refractivity contribution in [2.24, 2.45) is 0 Å². The maximum Gasteiger partial charge on any atom is 0.163 e. The molecule has 2 aromatic heterocycles. The van der Waals surface area contributed by atoms with Crippen molar-refractivity contribution in [3.63, 3.8) is 0 Å². The standard InChI is InChI=1S/C13H10ClN3.ClH/c1-8-7-10-11(14)16-12(17-13(10)15-8)9-5-3-2-4-6-9;/h2-7H,1H3,(H,15,16,17);1H. The van der Waals surface area contributed by atoms with Gasteiger partial charge in [0.25, 0.3) is 0 Å². The van der Waals surface area contributed by atoms with Crippen LogP contribution in [0, 0.1) is 6.92 Å². The predicted molar refractivity (Wildman–Crippen MR) is 76.3 cm³/mol. The summed E-state index contributed by atoms with van der Waals surface area (Å²) in [4.78, 5) is 12.0. The van der Waals surface area contributed by atoms with Gasteiger partial charge < -0.3 is 4.98 Å². The molecule has 1 N–H and O–H groups in total. The minimum Gasteiger partial charge on any atom is -0.343 e. The van der Waals surface area contributed by atoms with E-state index in [9.17, 15) is 0 Å². The molecule has 0 saturated carbocycles. The first-order chi connectivity index (χ1) is 8.24. The zero-order valence-electron chi connectivity index (χ0n) is 9.64.